The lowest BCUT2D eigenvalue weighted by atomic mass is 10.1. The lowest BCUT2D eigenvalue weighted by Gasteiger charge is -2.13. The van der Waals surface area contributed by atoms with Crippen molar-refractivity contribution in [3.8, 4) is 0 Å². The zero-order chi connectivity index (χ0) is 13.5. The number of benzene rings is 1. The molecule has 0 aliphatic heterocycles. The summed E-state index contributed by atoms with van der Waals surface area (Å²) in [7, 11) is 0. The van der Waals surface area contributed by atoms with Crippen LogP contribution in [0.2, 0.25) is 0 Å². The molecule has 0 spiro atoms. The van der Waals surface area contributed by atoms with E-state index in [1.54, 1.807) is 25.2 Å². The molecule has 0 heterocycles. The van der Waals surface area contributed by atoms with Crippen LogP contribution in [0.3, 0.4) is 0 Å². The summed E-state index contributed by atoms with van der Waals surface area (Å²) in [5.41, 5.74) is 0.515. The van der Waals surface area contributed by atoms with E-state index in [0.717, 1.165) is 12.1 Å². The molecule has 18 heavy (non-hydrogen) atoms. The SMILES string of the molecule is CC=CC=CC(=O)NC(C)c1ccc(F)c(F)c1. The summed E-state index contributed by atoms with van der Waals surface area (Å²) in [6.07, 6.45) is 6.49. The summed E-state index contributed by atoms with van der Waals surface area (Å²) >= 11 is 0. The number of halogens is 2. The van der Waals surface area contributed by atoms with Crippen molar-refractivity contribution in [2.24, 2.45) is 0 Å². The maximum absolute atomic E-state index is 13.0. The van der Waals surface area contributed by atoms with Crippen LogP contribution in [0.25, 0.3) is 0 Å². The lowest BCUT2D eigenvalue weighted by Crippen LogP contribution is -2.24. The second kappa shape index (κ2) is 6.69. The van der Waals surface area contributed by atoms with Crippen molar-refractivity contribution in [1.29, 1.82) is 0 Å². The Kier molecular flexibility index (Phi) is 5.24. The highest BCUT2D eigenvalue weighted by Crippen LogP contribution is 2.15. The van der Waals surface area contributed by atoms with Crippen LogP contribution in [0, 0.1) is 11.6 Å². The number of amides is 1. The summed E-state index contributed by atoms with van der Waals surface area (Å²) in [6.45, 7) is 3.54. The van der Waals surface area contributed by atoms with Gasteiger partial charge in [-0.05, 0) is 31.5 Å². The number of rotatable bonds is 4. The van der Waals surface area contributed by atoms with Gasteiger partial charge in [-0.25, -0.2) is 8.78 Å². The topological polar surface area (TPSA) is 29.1 Å². The number of nitrogens with one attached hydrogen (secondary N) is 1. The van der Waals surface area contributed by atoms with Gasteiger partial charge in [0.15, 0.2) is 11.6 Å². The van der Waals surface area contributed by atoms with Crippen LogP contribution in [0.4, 0.5) is 8.78 Å². The van der Waals surface area contributed by atoms with Crippen LogP contribution in [-0.2, 0) is 4.79 Å². The van der Waals surface area contributed by atoms with Crippen molar-refractivity contribution in [3.05, 3.63) is 59.7 Å². The monoisotopic (exact) mass is 251 g/mol. The molecule has 0 aliphatic carbocycles. The number of hydrogen-bond acceptors (Lipinski definition) is 1. The third-order valence-electron chi connectivity index (χ3n) is 2.35. The Bertz CT molecular complexity index is 481. The molecule has 0 saturated carbocycles. The molecule has 0 saturated heterocycles. The van der Waals surface area contributed by atoms with E-state index in [9.17, 15) is 13.6 Å². The van der Waals surface area contributed by atoms with Crippen molar-refractivity contribution in [1.82, 2.24) is 5.32 Å². The van der Waals surface area contributed by atoms with Crippen molar-refractivity contribution in [2.45, 2.75) is 19.9 Å². The van der Waals surface area contributed by atoms with E-state index in [1.807, 2.05) is 6.92 Å². The second-order valence-electron chi connectivity index (χ2n) is 3.79. The molecular weight excluding hydrogens is 236 g/mol. The van der Waals surface area contributed by atoms with Crippen molar-refractivity contribution >= 4 is 5.91 Å². The summed E-state index contributed by atoms with van der Waals surface area (Å²) < 4.78 is 25.8. The lowest BCUT2D eigenvalue weighted by molar-refractivity contribution is -0.117. The van der Waals surface area contributed by atoms with Crippen LogP contribution in [0.15, 0.2) is 42.5 Å². The molecule has 1 aromatic carbocycles. The molecule has 0 fully saturated rings. The predicted molar refractivity (Wildman–Crippen MR) is 66.9 cm³/mol. The minimum atomic E-state index is -0.918. The van der Waals surface area contributed by atoms with E-state index in [-0.39, 0.29) is 11.9 Å². The van der Waals surface area contributed by atoms with Crippen LogP contribution in [0.1, 0.15) is 25.5 Å². The van der Waals surface area contributed by atoms with Crippen LogP contribution in [-0.4, -0.2) is 5.91 Å². The molecule has 1 amide bonds. The smallest absolute Gasteiger partial charge is 0.244 e. The standard InChI is InChI=1S/C14H15F2NO/c1-3-4-5-6-14(18)17-10(2)11-7-8-12(15)13(16)9-11/h3-10H,1-2H3,(H,17,18). The van der Waals surface area contributed by atoms with Crippen molar-refractivity contribution in [2.75, 3.05) is 0 Å². The first-order chi connectivity index (χ1) is 8.54. The average Bonchev–Trinajstić information content (AvgIpc) is 2.33. The summed E-state index contributed by atoms with van der Waals surface area (Å²) in [5, 5.41) is 2.65. The normalized spacial score (nSPS) is 13.1. The van der Waals surface area contributed by atoms with Gasteiger partial charge in [0.1, 0.15) is 0 Å². The molecule has 96 valence electrons. The first-order valence-electron chi connectivity index (χ1n) is 5.59. The van der Waals surface area contributed by atoms with E-state index in [2.05, 4.69) is 5.32 Å². The van der Waals surface area contributed by atoms with E-state index >= 15 is 0 Å². The summed E-state index contributed by atoms with van der Waals surface area (Å²) in [5.74, 6) is -2.10. The highest BCUT2D eigenvalue weighted by atomic mass is 19.2. The molecule has 0 radical (unpaired) electrons. The van der Waals surface area contributed by atoms with Gasteiger partial charge in [0.25, 0.3) is 0 Å². The largest absolute Gasteiger partial charge is 0.346 e. The summed E-state index contributed by atoms with van der Waals surface area (Å²) in [4.78, 5) is 11.5. The van der Waals surface area contributed by atoms with E-state index in [0.29, 0.717) is 5.56 Å². The first-order valence-corrected chi connectivity index (χ1v) is 5.59. The van der Waals surface area contributed by atoms with Gasteiger partial charge < -0.3 is 5.32 Å². The molecule has 4 heteroatoms. The summed E-state index contributed by atoms with van der Waals surface area (Å²) in [6, 6.07) is 3.18. The van der Waals surface area contributed by atoms with Crippen LogP contribution in [0.5, 0.6) is 0 Å². The highest BCUT2D eigenvalue weighted by molar-refractivity contribution is 5.88. The van der Waals surface area contributed by atoms with E-state index in [4.69, 9.17) is 0 Å². The Hall–Kier alpha value is -1.97. The number of hydrogen-bond donors (Lipinski definition) is 1. The molecule has 1 atom stereocenters. The van der Waals surface area contributed by atoms with Crippen LogP contribution >= 0.6 is 0 Å². The quantitative estimate of drug-likeness (QED) is 0.645. The van der Waals surface area contributed by atoms with Gasteiger partial charge in [0.05, 0.1) is 6.04 Å². The Morgan fingerprint density at radius 3 is 2.61 bits per heavy atom. The molecular formula is C14H15F2NO. The Morgan fingerprint density at radius 2 is 2.00 bits per heavy atom. The van der Waals surface area contributed by atoms with Crippen molar-refractivity contribution < 1.29 is 13.6 Å². The third kappa shape index (κ3) is 4.13. The van der Waals surface area contributed by atoms with Gasteiger partial charge in [-0.2, -0.15) is 0 Å². The average molecular weight is 251 g/mol. The Labute approximate surface area is 105 Å². The maximum atomic E-state index is 13.0. The number of carbonyl (C=O) groups excluding carboxylic acids is 1. The maximum Gasteiger partial charge on any atom is 0.244 e. The molecule has 0 aromatic heterocycles. The van der Waals surface area contributed by atoms with Crippen LogP contribution < -0.4 is 5.32 Å². The first kappa shape index (κ1) is 14.1. The zero-order valence-electron chi connectivity index (χ0n) is 10.3. The van der Waals surface area contributed by atoms with E-state index in [1.165, 1.54) is 12.1 Å². The second-order valence-corrected chi connectivity index (χ2v) is 3.79. The fourth-order valence-electron chi connectivity index (χ4n) is 1.38. The van der Waals surface area contributed by atoms with Gasteiger partial charge in [0.2, 0.25) is 5.91 Å². The number of allylic oxidation sites excluding steroid dienone is 3. The highest BCUT2D eigenvalue weighted by Gasteiger charge is 2.10. The fraction of sp³-hybridized carbons (Fsp3) is 0.214. The zero-order valence-corrected chi connectivity index (χ0v) is 10.3. The molecule has 1 aromatic rings. The molecule has 0 aliphatic rings. The molecule has 0 bridgehead atoms. The molecule has 1 rings (SSSR count). The Morgan fingerprint density at radius 1 is 1.28 bits per heavy atom. The van der Waals surface area contributed by atoms with Gasteiger partial charge in [0, 0.05) is 6.08 Å². The van der Waals surface area contributed by atoms with Gasteiger partial charge >= 0.3 is 0 Å². The molecule has 1 unspecified atom stereocenters. The molecule has 2 nitrogen and oxygen atoms in total. The van der Waals surface area contributed by atoms with Gasteiger partial charge in [-0.1, -0.05) is 24.3 Å². The number of carbonyl (C=O) groups is 1. The molecule has 1 N–H and O–H groups in total. The predicted octanol–water partition coefficient (Wildman–Crippen LogP) is 3.27. The van der Waals surface area contributed by atoms with E-state index < -0.39 is 11.6 Å². The third-order valence-corrected chi connectivity index (χ3v) is 2.35. The minimum Gasteiger partial charge on any atom is -0.346 e. The Balaban J connectivity index is 2.67. The van der Waals surface area contributed by atoms with Gasteiger partial charge in [-0.15, -0.1) is 0 Å². The fourth-order valence-corrected chi connectivity index (χ4v) is 1.38. The van der Waals surface area contributed by atoms with Crippen molar-refractivity contribution in [3.63, 3.8) is 0 Å². The minimum absolute atomic E-state index is 0.287. The van der Waals surface area contributed by atoms with Gasteiger partial charge in [-0.3, -0.25) is 4.79 Å².